The second kappa shape index (κ2) is 8.13. The van der Waals surface area contributed by atoms with Gasteiger partial charge in [-0.1, -0.05) is 65.0 Å². The quantitative estimate of drug-likeness (QED) is 0.422. The van der Waals surface area contributed by atoms with Crippen molar-refractivity contribution in [2.75, 3.05) is 6.61 Å². The molecule has 5 rings (SSSR count). The van der Waals surface area contributed by atoms with Gasteiger partial charge < -0.3 is 24.8 Å². The highest BCUT2D eigenvalue weighted by Gasteiger charge is 2.73. The molecule has 1 aromatic rings. The van der Waals surface area contributed by atoms with Crippen molar-refractivity contribution >= 4 is 5.97 Å². The van der Waals surface area contributed by atoms with Crippen molar-refractivity contribution in [1.82, 2.24) is 0 Å². The van der Waals surface area contributed by atoms with Crippen LogP contribution in [0.1, 0.15) is 72.8 Å². The summed E-state index contributed by atoms with van der Waals surface area (Å²) in [6, 6.07) is 10.1. The normalized spacial score (nSPS) is 47.6. The van der Waals surface area contributed by atoms with E-state index in [1.165, 1.54) is 6.92 Å². The van der Waals surface area contributed by atoms with Crippen LogP contribution in [-0.2, 0) is 14.3 Å². The first-order valence-electron chi connectivity index (χ1n) is 13.3. The molecule has 36 heavy (non-hydrogen) atoms. The minimum atomic E-state index is -1.37. The molecule has 0 aromatic heterocycles. The first-order chi connectivity index (χ1) is 16.7. The molecule has 0 spiro atoms. The largest absolute Gasteiger partial charge is 0.455 e. The van der Waals surface area contributed by atoms with Crippen LogP contribution in [-0.4, -0.2) is 57.9 Å². The van der Waals surface area contributed by atoms with Crippen molar-refractivity contribution in [3.05, 3.63) is 47.0 Å². The Morgan fingerprint density at radius 2 is 1.75 bits per heavy atom. The Morgan fingerprint density at radius 1 is 1.11 bits per heavy atom. The predicted molar refractivity (Wildman–Crippen MR) is 136 cm³/mol. The fourth-order valence-electron chi connectivity index (χ4n) is 8.79. The van der Waals surface area contributed by atoms with Crippen LogP contribution in [0.2, 0.25) is 0 Å². The third kappa shape index (κ3) is 3.14. The summed E-state index contributed by atoms with van der Waals surface area (Å²) < 4.78 is 12.0. The van der Waals surface area contributed by atoms with Crippen LogP contribution < -0.4 is 0 Å². The summed E-state index contributed by atoms with van der Waals surface area (Å²) in [5, 5.41) is 36.7. The zero-order chi connectivity index (χ0) is 26.4. The maximum atomic E-state index is 13.0. The molecule has 10 atom stereocenters. The Hall–Kier alpha value is -1.73. The van der Waals surface area contributed by atoms with Crippen LogP contribution >= 0.6 is 0 Å². The highest BCUT2D eigenvalue weighted by atomic mass is 16.6. The Bertz CT molecular complexity index is 1080. The Morgan fingerprint density at radius 3 is 2.31 bits per heavy atom. The smallest absolute Gasteiger partial charge is 0.303 e. The van der Waals surface area contributed by atoms with Crippen molar-refractivity contribution in [2.45, 2.75) is 97.2 Å². The maximum Gasteiger partial charge on any atom is 0.303 e. The summed E-state index contributed by atoms with van der Waals surface area (Å²) >= 11 is 0. The van der Waals surface area contributed by atoms with Gasteiger partial charge in [-0.05, 0) is 41.9 Å². The Balaban J connectivity index is 1.88. The predicted octanol–water partition coefficient (Wildman–Crippen LogP) is 3.98. The first-order valence-corrected chi connectivity index (χ1v) is 13.3. The second-order valence-electron chi connectivity index (χ2n) is 13.0. The summed E-state index contributed by atoms with van der Waals surface area (Å²) in [5.41, 5.74) is -0.958. The lowest BCUT2D eigenvalue weighted by atomic mass is 9.38. The molecule has 4 aliphatic rings. The maximum absolute atomic E-state index is 13.0. The topological polar surface area (TPSA) is 96.2 Å². The zero-order valence-electron chi connectivity index (χ0n) is 22.6. The lowest BCUT2D eigenvalue weighted by molar-refractivity contribution is -0.310. The number of fused-ring (bicyclic) bond motifs is 5. The highest BCUT2D eigenvalue weighted by Crippen LogP contribution is 2.71. The van der Waals surface area contributed by atoms with E-state index in [0.717, 1.165) is 12.0 Å². The molecule has 2 unspecified atom stereocenters. The SMILES string of the molecule is CC(=O)O[C@@H]1C2=C(C)[C@@H](O)C[C@@](O)(C(c3ccccc3)C3[C@@](C)([C@@H](C)C[C@H]4OC[C@@]34C)[C@H]1O)C2(C)C. The molecular formula is C30H42O6. The first kappa shape index (κ1) is 25.9. The van der Waals surface area contributed by atoms with Crippen LogP contribution in [0.15, 0.2) is 41.5 Å². The van der Waals surface area contributed by atoms with Gasteiger partial charge in [0.1, 0.15) is 6.10 Å². The molecule has 3 fully saturated rings. The zero-order valence-corrected chi connectivity index (χ0v) is 22.6. The van der Waals surface area contributed by atoms with Crippen LogP contribution in [0.25, 0.3) is 0 Å². The van der Waals surface area contributed by atoms with Crippen molar-refractivity contribution in [3.63, 3.8) is 0 Å². The van der Waals surface area contributed by atoms with Crippen LogP contribution in [0, 0.1) is 28.1 Å². The van der Waals surface area contributed by atoms with Crippen LogP contribution in [0.5, 0.6) is 0 Å². The van der Waals surface area contributed by atoms with Gasteiger partial charge in [-0.15, -0.1) is 0 Å². The molecule has 1 saturated heterocycles. The van der Waals surface area contributed by atoms with Crippen molar-refractivity contribution < 1.29 is 29.6 Å². The van der Waals surface area contributed by atoms with E-state index in [9.17, 15) is 20.1 Å². The number of carbonyl (C=O) groups is 1. The molecule has 3 aliphatic carbocycles. The molecule has 1 aliphatic heterocycles. The number of aliphatic hydroxyl groups excluding tert-OH is 2. The minimum Gasteiger partial charge on any atom is -0.455 e. The van der Waals surface area contributed by atoms with Crippen molar-refractivity contribution in [1.29, 1.82) is 0 Å². The average molecular weight is 499 g/mol. The standard InChI is InChI=1S/C30H42O6/c1-16-13-21-28(6,15-35-21)25-23(19-11-9-8-10-12-19)30(34)14-20(32)17(2)22(27(30,4)5)24(36-18(3)31)26(33)29(16,25)7/h8-12,16,20-21,23-26,32-34H,13-15H2,1-7H3/t16-,20-,21+,23?,24+,25?,26-,28+,29+,30+/m0/s1. The molecule has 2 bridgehead atoms. The van der Waals surface area contributed by atoms with E-state index in [0.29, 0.717) is 17.8 Å². The highest BCUT2D eigenvalue weighted by molar-refractivity contribution is 5.67. The Labute approximate surface area is 214 Å². The van der Waals surface area contributed by atoms with Gasteiger partial charge in [0.2, 0.25) is 0 Å². The third-order valence-electron chi connectivity index (χ3n) is 11.0. The lowest BCUT2D eigenvalue weighted by Crippen LogP contribution is -2.74. The van der Waals surface area contributed by atoms with E-state index >= 15 is 0 Å². The third-order valence-corrected chi connectivity index (χ3v) is 11.0. The van der Waals surface area contributed by atoms with Gasteiger partial charge in [-0.2, -0.15) is 0 Å². The molecule has 0 amide bonds. The van der Waals surface area contributed by atoms with E-state index in [2.05, 4.69) is 32.9 Å². The van der Waals surface area contributed by atoms with Gasteiger partial charge >= 0.3 is 5.97 Å². The molecule has 0 radical (unpaired) electrons. The number of esters is 1. The number of ether oxygens (including phenoxy) is 2. The molecule has 6 heteroatoms. The molecular weight excluding hydrogens is 456 g/mol. The monoisotopic (exact) mass is 498 g/mol. The van der Waals surface area contributed by atoms with Crippen molar-refractivity contribution in [3.8, 4) is 0 Å². The van der Waals surface area contributed by atoms with Crippen molar-refractivity contribution in [2.24, 2.45) is 28.1 Å². The number of benzene rings is 1. The minimum absolute atomic E-state index is 0.0209. The molecule has 1 aromatic carbocycles. The number of hydrogen-bond acceptors (Lipinski definition) is 6. The summed E-state index contributed by atoms with van der Waals surface area (Å²) in [6.45, 7) is 14.2. The average Bonchev–Trinajstić information content (AvgIpc) is 2.80. The van der Waals surface area contributed by atoms with E-state index in [1.807, 2.05) is 39.0 Å². The second-order valence-corrected chi connectivity index (χ2v) is 13.0. The fourth-order valence-corrected chi connectivity index (χ4v) is 8.79. The Kier molecular flexibility index (Phi) is 5.85. The number of hydrogen-bond donors (Lipinski definition) is 3. The van der Waals surface area contributed by atoms with Gasteiger partial charge in [0, 0.05) is 35.5 Å². The van der Waals surface area contributed by atoms with E-state index in [-0.39, 0.29) is 35.7 Å². The number of rotatable bonds is 2. The summed E-state index contributed by atoms with van der Waals surface area (Å²) in [4.78, 5) is 12.4. The molecule has 3 N–H and O–H groups in total. The lowest BCUT2D eigenvalue weighted by Gasteiger charge is -2.71. The fraction of sp³-hybridized carbons (Fsp3) is 0.700. The van der Waals surface area contributed by atoms with Crippen LogP contribution in [0.3, 0.4) is 0 Å². The van der Waals surface area contributed by atoms with Gasteiger partial charge in [0.05, 0.1) is 24.4 Å². The molecule has 198 valence electrons. The summed E-state index contributed by atoms with van der Waals surface area (Å²) in [7, 11) is 0. The molecule has 6 nitrogen and oxygen atoms in total. The number of aliphatic hydroxyl groups is 3. The van der Waals surface area contributed by atoms with Crippen LogP contribution in [0.4, 0.5) is 0 Å². The van der Waals surface area contributed by atoms with E-state index in [1.54, 1.807) is 0 Å². The summed E-state index contributed by atoms with van der Waals surface area (Å²) in [5.74, 6) is -1.03. The van der Waals surface area contributed by atoms with Gasteiger partial charge in [-0.3, -0.25) is 4.79 Å². The van der Waals surface area contributed by atoms with E-state index in [4.69, 9.17) is 9.47 Å². The van der Waals surface area contributed by atoms with Gasteiger partial charge in [-0.25, -0.2) is 0 Å². The number of carbonyl (C=O) groups excluding carboxylic acids is 1. The molecule has 1 heterocycles. The van der Waals surface area contributed by atoms with E-state index < -0.39 is 40.7 Å². The summed E-state index contributed by atoms with van der Waals surface area (Å²) in [6.07, 6.45) is -1.93. The van der Waals surface area contributed by atoms with Gasteiger partial charge in [0.15, 0.2) is 6.10 Å². The van der Waals surface area contributed by atoms with Gasteiger partial charge in [0.25, 0.3) is 0 Å². The molecule has 2 saturated carbocycles.